The predicted molar refractivity (Wildman–Crippen MR) is 260 cm³/mol. The Kier molecular flexibility index (Phi) is 20.9. The number of allylic oxidation sites excluding steroid dienone is 1. The minimum atomic E-state index is -1.43. The molecule has 1 aliphatic rings. The Morgan fingerprint density at radius 1 is 0.926 bits per heavy atom. The van der Waals surface area contributed by atoms with Crippen molar-refractivity contribution < 1.29 is 38.2 Å². The molecule has 3 aromatic carbocycles. The molecule has 10 N–H and O–H groups in total. The van der Waals surface area contributed by atoms with Gasteiger partial charge in [-0.1, -0.05) is 37.1 Å². The van der Waals surface area contributed by atoms with E-state index in [1.807, 2.05) is 6.07 Å². The molecule has 5 amide bonds. The number of nitriles is 1. The van der Waals surface area contributed by atoms with Crippen molar-refractivity contribution in [1.29, 1.82) is 5.26 Å². The summed E-state index contributed by atoms with van der Waals surface area (Å²) in [5.74, 6) is -2.01. The first kappa shape index (κ1) is 53.8. The number of rotatable bonds is 20. The van der Waals surface area contributed by atoms with Gasteiger partial charge in [0.05, 0.1) is 17.7 Å². The summed E-state index contributed by atoms with van der Waals surface area (Å²) in [5.41, 5.74) is 20.4. The molecule has 364 valence electrons. The maximum Gasteiger partial charge on any atom is 0.249 e. The van der Waals surface area contributed by atoms with Gasteiger partial charge >= 0.3 is 0 Å². The van der Waals surface area contributed by atoms with Gasteiger partial charge in [-0.2, -0.15) is 5.26 Å². The monoisotopic (exact) mass is 955 g/mol. The van der Waals surface area contributed by atoms with Crippen LogP contribution in [0.1, 0.15) is 69.7 Å². The van der Waals surface area contributed by atoms with Gasteiger partial charge in [0, 0.05) is 54.5 Å². The van der Waals surface area contributed by atoms with Crippen LogP contribution in [0.3, 0.4) is 0 Å². The summed E-state index contributed by atoms with van der Waals surface area (Å²) in [5, 5.41) is 20.2. The van der Waals surface area contributed by atoms with E-state index in [1.54, 1.807) is 61.5 Å². The first-order valence-corrected chi connectivity index (χ1v) is 22.6. The number of hydrogen-bond acceptors (Lipinski definition) is 13. The van der Waals surface area contributed by atoms with Crippen LogP contribution in [0.25, 0.3) is 11.1 Å². The van der Waals surface area contributed by atoms with Gasteiger partial charge in [-0.15, -0.1) is 0 Å². The van der Waals surface area contributed by atoms with Gasteiger partial charge < -0.3 is 57.6 Å². The van der Waals surface area contributed by atoms with Crippen molar-refractivity contribution >= 4 is 53.7 Å². The standard InChI is InChI=1S/C48H62ClN11O8/c1-7-8-21-66-41-14-11-33(27-36(41)49)43(54-5)56-29(3)28(2)44(61)58-37(15-16-50)48(65)60(6)42-32-10-13-40(68-23-19-53)35(26-32)34-24-31(9-12-39(34)67-22-18-52)25-38(46(63)55-20-17-51)59-45(62)30(4)57-47(42)64/h9-14,24,26-27,30,37-38,42H,5,7-8,15-16,18-23,25,50,52-53H2,1-4,6H3,(H,55,63)(H,57,64)(H,58,61)(H,59,62)/b29-28+,56-43?/t30-,37-,38-,42-/m0/s1. The molecule has 0 saturated carbocycles. The SMILES string of the molecule is C=NC(=N/C(C)=C(\C)C(=O)N[C@@H](CCN)C(=O)N(C)[C@@H]1C(=O)N[C@@H](C)C(=O)N[C@H](C(=O)NCC#N)Cc2ccc(OCCN)c(c2)-c2cc1ccc2OCCN)c1ccc(OCCCC)c(Cl)c1. The van der Waals surface area contributed by atoms with Gasteiger partial charge in [0.1, 0.15) is 61.2 Å². The number of carbonyl (C=O) groups excluding carboxylic acids is 5. The normalized spacial score (nSPS) is 16.9. The van der Waals surface area contributed by atoms with Crippen molar-refractivity contribution in [3.8, 4) is 34.4 Å². The molecule has 19 nitrogen and oxygen atoms in total. The van der Waals surface area contributed by atoms with E-state index in [-0.39, 0.29) is 69.3 Å². The van der Waals surface area contributed by atoms with Gasteiger partial charge in [0.25, 0.3) is 0 Å². The van der Waals surface area contributed by atoms with Crippen LogP contribution in [0, 0.1) is 11.3 Å². The summed E-state index contributed by atoms with van der Waals surface area (Å²) in [6.45, 7) is 11.1. The average Bonchev–Trinajstić information content (AvgIpc) is 3.33. The van der Waals surface area contributed by atoms with Gasteiger partial charge in [0.15, 0.2) is 5.84 Å². The number of hydrogen-bond donors (Lipinski definition) is 7. The molecule has 68 heavy (non-hydrogen) atoms. The average molecular weight is 957 g/mol. The van der Waals surface area contributed by atoms with Gasteiger partial charge in [-0.05, 0) is 100 Å². The minimum absolute atomic E-state index is 0.00870. The fourth-order valence-corrected chi connectivity index (χ4v) is 7.31. The van der Waals surface area contributed by atoms with E-state index >= 15 is 0 Å². The molecule has 4 atom stereocenters. The maximum atomic E-state index is 14.7. The van der Waals surface area contributed by atoms with Gasteiger partial charge in [-0.25, -0.2) is 9.98 Å². The lowest BCUT2D eigenvalue weighted by Gasteiger charge is -2.32. The molecule has 0 fully saturated rings. The number of fused-ring (bicyclic) bond motifs is 5. The third-order valence-electron chi connectivity index (χ3n) is 10.9. The number of aliphatic imine (C=N–C) groups is 2. The van der Waals surface area contributed by atoms with Crippen LogP contribution in [0.5, 0.6) is 17.2 Å². The largest absolute Gasteiger partial charge is 0.492 e. The number of carbonyl (C=O) groups is 5. The quantitative estimate of drug-likeness (QED) is 0.0283. The Morgan fingerprint density at radius 2 is 1.57 bits per heavy atom. The first-order chi connectivity index (χ1) is 32.6. The first-order valence-electron chi connectivity index (χ1n) is 22.2. The molecule has 1 heterocycles. The fraction of sp³-hybridized carbons (Fsp3) is 0.417. The molecule has 0 aliphatic carbocycles. The number of benzene rings is 3. The molecule has 0 unspecified atom stereocenters. The van der Waals surface area contributed by atoms with Crippen molar-refractivity contribution in [3.63, 3.8) is 0 Å². The van der Waals surface area contributed by atoms with Crippen LogP contribution < -0.4 is 52.7 Å². The topological polar surface area (TPSA) is 291 Å². The minimum Gasteiger partial charge on any atom is -0.492 e. The summed E-state index contributed by atoms with van der Waals surface area (Å²) in [6, 6.07) is 12.0. The van der Waals surface area contributed by atoms with E-state index in [1.165, 1.54) is 20.9 Å². The van der Waals surface area contributed by atoms with Crippen LogP contribution >= 0.6 is 11.6 Å². The number of unbranched alkanes of at least 4 members (excludes halogenated alkanes) is 1. The van der Waals surface area contributed by atoms with Gasteiger partial charge in [-0.3, -0.25) is 24.0 Å². The lowest BCUT2D eigenvalue weighted by atomic mass is 9.93. The summed E-state index contributed by atoms with van der Waals surface area (Å²) >= 11 is 6.50. The van der Waals surface area contributed by atoms with E-state index in [4.69, 9.17) is 48.3 Å². The number of likely N-dealkylation sites (N-methyl/N-ethyl adjacent to an activating group) is 1. The van der Waals surface area contributed by atoms with E-state index in [0.717, 1.165) is 17.7 Å². The second-order valence-electron chi connectivity index (χ2n) is 15.8. The molecule has 0 saturated heterocycles. The zero-order chi connectivity index (χ0) is 49.9. The highest BCUT2D eigenvalue weighted by Gasteiger charge is 2.36. The number of nitrogens with one attached hydrogen (secondary N) is 4. The number of amides is 5. The summed E-state index contributed by atoms with van der Waals surface area (Å²) in [4.78, 5) is 80.0. The molecule has 1 aliphatic heterocycles. The predicted octanol–water partition coefficient (Wildman–Crippen LogP) is 2.82. The number of ether oxygens (including phenoxy) is 3. The zero-order valence-corrected chi connectivity index (χ0v) is 39.9. The highest BCUT2D eigenvalue weighted by atomic mass is 35.5. The smallest absolute Gasteiger partial charge is 0.249 e. The Labute approximate surface area is 401 Å². The summed E-state index contributed by atoms with van der Waals surface area (Å²) in [6.07, 6.45) is 1.80. The van der Waals surface area contributed by atoms with Crippen molar-refractivity contribution in [2.45, 2.75) is 77.5 Å². The lowest BCUT2D eigenvalue weighted by molar-refractivity contribution is -0.142. The fourth-order valence-electron chi connectivity index (χ4n) is 7.08. The molecular weight excluding hydrogens is 894 g/mol. The van der Waals surface area contributed by atoms with Crippen molar-refractivity contribution in [2.24, 2.45) is 27.2 Å². The Balaban J connectivity index is 1.79. The molecule has 0 radical (unpaired) electrons. The van der Waals surface area contributed by atoms with Crippen molar-refractivity contribution in [3.05, 3.63) is 87.6 Å². The van der Waals surface area contributed by atoms with Gasteiger partial charge in [0.2, 0.25) is 29.5 Å². The lowest BCUT2D eigenvalue weighted by Crippen LogP contribution is -2.56. The van der Waals surface area contributed by atoms with E-state index in [2.05, 4.69) is 44.9 Å². The molecule has 20 heteroatoms. The molecule has 3 aromatic rings. The van der Waals surface area contributed by atoms with Crippen LogP contribution in [0.4, 0.5) is 0 Å². The van der Waals surface area contributed by atoms with Crippen molar-refractivity contribution in [2.75, 3.05) is 53.0 Å². The third-order valence-corrected chi connectivity index (χ3v) is 11.2. The molecule has 4 bridgehead atoms. The van der Waals surface area contributed by atoms with E-state index in [0.29, 0.717) is 56.7 Å². The second kappa shape index (κ2) is 26.5. The van der Waals surface area contributed by atoms with Crippen molar-refractivity contribution in [1.82, 2.24) is 26.2 Å². The number of nitrogens with two attached hydrogens (primary N) is 3. The van der Waals surface area contributed by atoms with Crippen LogP contribution in [-0.4, -0.2) is 118 Å². The second-order valence-corrected chi connectivity index (χ2v) is 16.2. The molecule has 4 rings (SSSR count). The van der Waals surface area contributed by atoms with Crippen LogP contribution in [0.2, 0.25) is 5.02 Å². The van der Waals surface area contributed by atoms with E-state index < -0.39 is 53.7 Å². The number of halogens is 1. The van der Waals surface area contributed by atoms with E-state index in [9.17, 15) is 24.0 Å². The zero-order valence-electron chi connectivity index (χ0n) is 39.2. The number of nitrogens with zero attached hydrogens (tertiary/aromatic N) is 4. The summed E-state index contributed by atoms with van der Waals surface area (Å²) in [7, 11) is 1.39. The maximum absolute atomic E-state index is 14.7. The summed E-state index contributed by atoms with van der Waals surface area (Å²) < 4.78 is 17.9. The Hall–Kier alpha value is -6.85. The Morgan fingerprint density at radius 3 is 2.19 bits per heavy atom. The highest BCUT2D eigenvalue weighted by Crippen LogP contribution is 2.40. The Bertz CT molecular complexity index is 2420. The number of amidine groups is 1. The highest BCUT2D eigenvalue weighted by molar-refractivity contribution is 6.32. The molecule has 0 spiro atoms. The van der Waals surface area contributed by atoms with Crippen LogP contribution in [-0.2, 0) is 30.4 Å². The molecular formula is C48H62ClN11O8. The molecule has 0 aromatic heterocycles. The van der Waals surface area contributed by atoms with Crippen LogP contribution in [0.15, 0.2) is 75.9 Å². The third kappa shape index (κ3) is 14.3.